The second kappa shape index (κ2) is 5.51. The lowest BCUT2D eigenvalue weighted by molar-refractivity contribution is 0.0954. The molecule has 0 spiro atoms. The van der Waals surface area contributed by atoms with Crippen molar-refractivity contribution in [2.45, 2.75) is 13.8 Å². The minimum atomic E-state index is -0.0979. The highest BCUT2D eigenvalue weighted by molar-refractivity contribution is 5.94. The maximum absolute atomic E-state index is 11.7. The zero-order chi connectivity index (χ0) is 12.1. The molecule has 1 aromatic rings. The lowest BCUT2D eigenvalue weighted by Crippen LogP contribution is -2.29. The molecular weight excluding hydrogens is 204 g/mol. The number of nitrogens with one attached hydrogen (secondary N) is 1. The second-order valence-corrected chi connectivity index (χ2v) is 3.69. The fourth-order valence-electron chi connectivity index (χ4n) is 1.69. The minimum absolute atomic E-state index is 0.0979. The number of carbonyl (C=O) groups is 1. The zero-order valence-electron chi connectivity index (χ0n) is 9.96. The third-order valence-electron chi connectivity index (χ3n) is 2.36. The third kappa shape index (κ3) is 2.73. The van der Waals surface area contributed by atoms with Crippen LogP contribution in [0.1, 0.15) is 21.5 Å². The molecule has 0 saturated carbocycles. The molecule has 0 radical (unpaired) electrons. The Hall–Kier alpha value is -1.55. The predicted molar refractivity (Wildman–Crippen MR) is 63.9 cm³/mol. The molecule has 0 aliphatic carbocycles. The normalized spacial score (nSPS) is 10.0. The maximum atomic E-state index is 11.7. The minimum Gasteiger partial charge on any atom is -0.496 e. The molecule has 1 amide bonds. The number of amides is 1. The van der Waals surface area contributed by atoms with Gasteiger partial charge in [-0.1, -0.05) is 0 Å². The van der Waals surface area contributed by atoms with Gasteiger partial charge in [0.25, 0.3) is 5.91 Å². The number of hydrogen-bond donors (Lipinski definition) is 2. The van der Waals surface area contributed by atoms with Gasteiger partial charge in [-0.15, -0.1) is 0 Å². The molecule has 0 fully saturated rings. The van der Waals surface area contributed by atoms with Crippen molar-refractivity contribution in [3.63, 3.8) is 0 Å². The Kier molecular flexibility index (Phi) is 4.31. The average molecular weight is 222 g/mol. The molecule has 4 nitrogen and oxygen atoms in total. The monoisotopic (exact) mass is 222 g/mol. The smallest absolute Gasteiger partial charge is 0.251 e. The van der Waals surface area contributed by atoms with Crippen molar-refractivity contribution in [1.29, 1.82) is 0 Å². The lowest BCUT2D eigenvalue weighted by Gasteiger charge is -2.11. The molecule has 88 valence electrons. The Morgan fingerprint density at radius 2 is 1.94 bits per heavy atom. The third-order valence-corrected chi connectivity index (χ3v) is 2.36. The van der Waals surface area contributed by atoms with E-state index in [4.69, 9.17) is 10.5 Å². The summed E-state index contributed by atoms with van der Waals surface area (Å²) in [6.45, 7) is 4.78. The Morgan fingerprint density at radius 1 is 1.38 bits per heavy atom. The summed E-state index contributed by atoms with van der Waals surface area (Å²) in [5, 5.41) is 2.74. The molecule has 0 saturated heterocycles. The van der Waals surface area contributed by atoms with Crippen molar-refractivity contribution in [3.05, 3.63) is 28.8 Å². The standard InChI is InChI=1S/C12H18N2O2/c1-8-6-10(12(15)14-5-4-13)7-9(2)11(8)16-3/h6-7H,4-5,13H2,1-3H3,(H,14,15). The van der Waals surface area contributed by atoms with Crippen LogP contribution < -0.4 is 15.8 Å². The molecule has 4 heteroatoms. The van der Waals surface area contributed by atoms with Gasteiger partial charge in [-0.3, -0.25) is 4.79 Å². The number of rotatable bonds is 4. The molecular formula is C12H18N2O2. The van der Waals surface area contributed by atoms with Crippen molar-refractivity contribution in [2.24, 2.45) is 5.73 Å². The van der Waals surface area contributed by atoms with Crippen LogP contribution in [0.15, 0.2) is 12.1 Å². The van der Waals surface area contributed by atoms with Crippen LogP contribution in [-0.4, -0.2) is 26.1 Å². The first-order chi connectivity index (χ1) is 7.60. The first kappa shape index (κ1) is 12.5. The Bertz CT molecular complexity index is 366. The first-order valence-corrected chi connectivity index (χ1v) is 5.23. The molecule has 0 aliphatic heterocycles. The van der Waals surface area contributed by atoms with Crippen molar-refractivity contribution < 1.29 is 9.53 Å². The summed E-state index contributed by atoms with van der Waals surface area (Å²) in [6, 6.07) is 3.63. The largest absolute Gasteiger partial charge is 0.496 e. The fourth-order valence-corrected chi connectivity index (χ4v) is 1.69. The number of ether oxygens (including phenoxy) is 1. The van der Waals surface area contributed by atoms with Gasteiger partial charge >= 0.3 is 0 Å². The van der Waals surface area contributed by atoms with E-state index in [9.17, 15) is 4.79 Å². The van der Waals surface area contributed by atoms with Gasteiger partial charge in [-0.05, 0) is 37.1 Å². The highest BCUT2D eigenvalue weighted by Crippen LogP contribution is 2.24. The summed E-state index contributed by atoms with van der Waals surface area (Å²) in [4.78, 5) is 11.7. The summed E-state index contributed by atoms with van der Waals surface area (Å²) in [5.74, 6) is 0.731. The van der Waals surface area contributed by atoms with Gasteiger partial charge in [0.15, 0.2) is 0 Å². The quantitative estimate of drug-likeness (QED) is 0.798. The van der Waals surface area contributed by atoms with Crippen LogP contribution in [0.3, 0.4) is 0 Å². The number of methoxy groups -OCH3 is 1. The zero-order valence-corrected chi connectivity index (χ0v) is 9.96. The Labute approximate surface area is 95.8 Å². The van der Waals surface area contributed by atoms with Crippen LogP contribution in [0.2, 0.25) is 0 Å². The van der Waals surface area contributed by atoms with E-state index in [0.717, 1.165) is 16.9 Å². The topological polar surface area (TPSA) is 64.3 Å². The van der Waals surface area contributed by atoms with Gasteiger partial charge < -0.3 is 15.8 Å². The maximum Gasteiger partial charge on any atom is 0.251 e. The molecule has 0 heterocycles. The molecule has 3 N–H and O–H groups in total. The predicted octanol–water partition coefficient (Wildman–Crippen LogP) is 1.00. The molecule has 0 bridgehead atoms. The van der Waals surface area contributed by atoms with E-state index in [-0.39, 0.29) is 5.91 Å². The van der Waals surface area contributed by atoms with E-state index in [1.54, 1.807) is 7.11 Å². The summed E-state index contributed by atoms with van der Waals surface area (Å²) in [6.07, 6.45) is 0. The van der Waals surface area contributed by atoms with Crippen LogP contribution in [0, 0.1) is 13.8 Å². The van der Waals surface area contributed by atoms with Gasteiger partial charge in [0.05, 0.1) is 7.11 Å². The van der Waals surface area contributed by atoms with Crippen molar-refractivity contribution in [3.8, 4) is 5.75 Å². The van der Waals surface area contributed by atoms with Crippen LogP contribution in [0.25, 0.3) is 0 Å². The summed E-state index contributed by atoms with van der Waals surface area (Å²) >= 11 is 0. The Morgan fingerprint density at radius 3 is 2.38 bits per heavy atom. The number of carbonyl (C=O) groups excluding carboxylic acids is 1. The highest BCUT2D eigenvalue weighted by atomic mass is 16.5. The Balaban J connectivity index is 2.95. The van der Waals surface area contributed by atoms with Crippen LogP contribution in [-0.2, 0) is 0 Å². The van der Waals surface area contributed by atoms with Crippen LogP contribution in [0.4, 0.5) is 0 Å². The second-order valence-electron chi connectivity index (χ2n) is 3.69. The van der Waals surface area contributed by atoms with E-state index in [2.05, 4.69) is 5.32 Å². The fraction of sp³-hybridized carbons (Fsp3) is 0.417. The van der Waals surface area contributed by atoms with Crippen LogP contribution in [0.5, 0.6) is 5.75 Å². The van der Waals surface area contributed by atoms with Gasteiger partial charge in [-0.2, -0.15) is 0 Å². The molecule has 1 aromatic carbocycles. The summed E-state index contributed by atoms with van der Waals surface area (Å²) in [7, 11) is 1.63. The number of nitrogens with two attached hydrogens (primary N) is 1. The molecule has 0 aromatic heterocycles. The molecule has 1 rings (SSSR count). The van der Waals surface area contributed by atoms with E-state index in [0.29, 0.717) is 18.7 Å². The molecule has 0 atom stereocenters. The number of hydrogen-bond acceptors (Lipinski definition) is 3. The van der Waals surface area contributed by atoms with Crippen molar-refractivity contribution in [2.75, 3.05) is 20.2 Å². The van der Waals surface area contributed by atoms with E-state index in [1.165, 1.54) is 0 Å². The average Bonchev–Trinajstić information content (AvgIpc) is 2.25. The lowest BCUT2D eigenvalue weighted by atomic mass is 10.1. The van der Waals surface area contributed by atoms with Gasteiger partial charge in [0.2, 0.25) is 0 Å². The summed E-state index contributed by atoms with van der Waals surface area (Å²) in [5.41, 5.74) is 7.89. The number of aryl methyl sites for hydroxylation is 2. The van der Waals surface area contributed by atoms with E-state index >= 15 is 0 Å². The SMILES string of the molecule is COc1c(C)cc(C(=O)NCCN)cc1C. The van der Waals surface area contributed by atoms with Gasteiger partial charge in [0.1, 0.15) is 5.75 Å². The molecule has 0 aliphatic rings. The van der Waals surface area contributed by atoms with E-state index in [1.807, 2.05) is 26.0 Å². The highest BCUT2D eigenvalue weighted by Gasteiger charge is 2.10. The van der Waals surface area contributed by atoms with Crippen LogP contribution >= 0.6 is 0 Å². The van der Waals surface area contributed by atoms with E-state index < -0.39 is 0 Å². The summed E-state index contributed by atoms with van der Waals surface area (Å²) < 4.78 is 5.24. The van der Waals surface area contributed by atoms with Crippen molar-refractivity contribution >= 4 is 5.91 Å². The van der Waals surface area contributed by atoms with Gasteiger partial charge in [-0.25, -0.2) is 0 Å². The van der Waals surface area contributed by atoms with Crippen molar-refractivity contribution in [1.82, 2.24) is 5.32 Å². The molecule has 0 unspecified atom stereocenters. The number of benzene rings is 1. The van der Waals surface area contributed by atoms with Gasteiger partial charge in [0, 0.05) is 18.7 Å². The first-order valence-electron chi connectivity index (χ1n) is 5.23. The molecule has 16 heavy (non-hydrogen) atoms.